The molecule has 2 heterocycles. The minimum Gasteiger partial charge on any atom is -0.492 e. The van der Waals surface area contributed by atoms with Crippen molar-refractivity contribution in [3.8, 4) is 11.4 Å². The summed E-state index contributed by atoms with van der Waals surface area (Å²) in [7, 11) is 5.29. The summed E-state index contributed by atoms with van der Waals surface area (Å²) < 4.78 is 7.35. The summed E-state index contributed by atoms with van der Waals surface area (Å²) in [5.74, 6) is 1.74. The number of hydrogen-bond acceptors (Lipinski definition) is 7. The Morgan fingerprint density at radius 1 is 1.22 bits per heavy atom. The van der Waals surface area contributed by atoms with E-state index in [4.69, 9.17) is 16.3 Å². The van der Waals surface area contributed by atoms with Gasteiger partial charge < -0.3 is 20.7 Å². The van der Waals surface area contributed by atoms with E-state index in [1.807, 2.05) is 39.3 Å². The predicted molar refractivity (Wildman–Crippen MR) is 107 cm³/mol. The first kappa shape index (κ1) is 18.9. The van der Waals surface area contributed by atoms with Gasteiger partial charge in [0.25, 0.3) is 0 Å². The van der Waals surface area contributed by atoms with E-state index in [-0.39, 0.29) is 0 Å². The van der Waals surface area contributed by atoms with Gasteiger partial charge in [0.2, 0.25) is 5.95 Å². The molecule has 0 amide bonds. The van der Waals surface area contributed by atoms with E-state index in [9.17, 15) is 0 Å². The SMILES string of the molecule is CNCc1cnn(-c2c(Cl)ccc(Nc3nc(C)cc(NC)n3)c2OC)c1. The van der Waals surface area contributed by atoms with Gasteiger partial charge in [0.15, 0.2) is 5.75 Å². The maximum Gasteiger partial charge on any atom is 0.229 e. The Morgan fingerprint density at radius 3 is 2.74 bits per heavy atom. The zero-order valence-electron chi connectivity index (χ0n) is 15.7. The average molecular weight is 388 g/mol. The number of benzene rings is 1. The van der Waals surface area contributed by atoms with E-state index in [0.717, 1.165) is 17.1 Å². The number of aromatic nitrogens is 4. The fraction of sp³-hybridized carbons (Fsp3) is 0.278. The summed E-state index contributed by atoms with van der Waals surface area (Å²) in [5, 5.41) is 14.3. The Hall–Kier alpha value is -2.84. The van der Waals surface area contributed by atoms with Crippen LogP contribution in [0.3, 0.4) is 0 Å². The van der Waals surface area contributed by atoms with Gasteiger partial charge in [-0.15, -0.1) is 0 Å². The quantitative estimate of drug-likeness (QED) is 0.573. The summed E-state index contributed by atoms with van der Waals surface area (Å²) in [6.45, 7) is 2.62. The number of hydrogen-bond donors (Lipinski definition) is 3. The fourth-order valence-electron chi connectivity index (χ4n) is 2.72. The summed E-state index contributed by atoms with van der Waals surface area (Å²) in [5.41, 5.74) is 3.21. The van der Waals surface area contributed by atoms with Gasteiger partial charge in [0, 0.05) is 37.1 Å². The third-order valence-electron chi connectivity index (χ3n) is 3.89. The van der Waals surface area contributed by atoms with Crippen molar-refractivity contribution in [3.05, 3.63) is 46.9 Å². The molecular formula is C18H22ClN7O. The smallest absolute Gasteiger partial charge is 0.229 e. The van der Waals surface area contributed by atoms with E-state index in [1.165, 1.54) is 0 Å². The Bertz CT molecular complexity index is 941. The maximum atomic E-state index is 6.45. The lowest BCUT2D eigenvalue weighted by Crippen LogP contribution is -2.06. The highest BCUT2D eigenvalue weighted by atomic mass is 35.5. The molecular weight excluding hydrogens is 366 g/mol. The second-order valence-corrected chi connectivity index (χ2v) is 6.30. The Kier molecular flexibility index (Phi) is 5.78. The third-order valence-corrected chi connectivity index (χ3v) is 4.19. The first-order chi connectivity index (χ1) is 13.0. The molecule has 0 saturated carbocycles. The van der Waals surface area contributed by atoms with Gasteiger partial charge in [-0.2, -0.15) is 10.1 Å². The molecule has 1 aromatic carbocycles. The van der Waals surface area contributed by atoms with Crippen molar-refractivity contribution < 1.29 is 4.74 Å². The molecule has 0 radical (unpaired) electrons. The van der Waals surface area contributed by atoms with Crippen LogP contribution >= 0.6 is 11.6 Å². The summed E-state index contributed by atoms with van der Waals surface area (Å²) in [6.07, 6.45) is 3.70. The molecule has 0 fully saturated rings. The van der Waals surface area contributed by atoms with Crippen molar-refractivity contribution in [1.82, 2.24) is 25.1 Å². The lowest BCUT2D eigenvalue weighted by atomic mass is 10.2. The summed E-state index contributed by atoms with van der Waals surface area (Å²) in [4.78, 5) is 8.85. The zero-order chi connectivity index (χ0) is 19.4. The topological polar surface area (TPSA) is 88.9 Å². The highest BCUT2D eigenvalue weighted by molar-refractivity contribution is 6.32. The van der Waals surface area contributed by atoms with Crippen molar-refractivity contribution in [3.63, 3.8) is 0 Å². The molecule has 0 atom stereocenters. The molecule has 0 spiro atoms. The number of ether oxygens (including phenoxy) is 1. The van der Waals surface area contributed by atoms with Crippen LogP contribution in [-0.2, 0) is 6.54 Å². The Balaban J connectivity index is 2.03. The number of methoxy groups -OCH3 is 1. The second-order valence-electron chi connectivity index (χ2n) is 5.89. The molecule has 0 bridgehead atoms. The minimum atomic E-state index is 0.460. The molecule has 9 heteroatoms. The molecule has 2 aromatic heterocycles. The molecule has 0 aliphatic carbocycles. The van der Waals surface area contributed by atoms with Crippen LogP contribution < -0.4 is 20.7 Å². The number of nitrogens with one attached hydrogen (secondary N) is 3. The van der Waals surface area contributed by atoms with Crippen molar-refractivity contribution in [2.24, 2.45) is 0 Å². The fourth-order valence-corrected chi connectivity index (χ4v) is 2.95. The molecule has 3 N–H and O–H groups in total. The van der Waals surface area contributed by atoms with Gasteiger partial charge in [-0.3, -0.25) is 0 Å². The highest BCUT2D eigenvalue weighted by Crippen LogP contribution is 2.38. The number of halogens is 1. The van der Waals surface area contributed by atoms with Crippen LogP contribution in [0.15, 0.2) is 30.6 Å². The molecule has 0 aliphatic heterocycles. The standard InChI is InChI=1S/C18H22ClN7O/c1-11-7-15(21-3)25-18(23-11)24-14-6-5-13(19)16(17(14)27-4)26-10-12(8-20-2)9-22-26/h5-7,9-10,20H,8H2,1-4H3,(H2,21,23,24,25). The Labute approximate surface area is 162 Å². The molecule has 3 aromatic rings. The lowest BCUT2D eigenvalue weighted by Gasteiger charge is -2.16. The first-order valence-electron chi connectivity index (χ1n) is 8.41. The van der Waals surface area contributed by atoms with Gasteiger partial charge in [-0.1, -0.05) is 11.6 Å². The predicted octanol–water partition coefficient (Wildman–Crippen LogP) is 3.14. The maximum absolute atomic E-state index is 6.45. The Morgan fingerprint density at radius 2 is 2.04 bits per heavy atom. The molecule has 3 rings (SSSR count). The van der Waals surface area contributed by atoms with E-state index in [1.54, 1.807) is 24.1 Å². The lowest BCUT2D eigenvalue weighted by molar-refractivity contribution is 0.413. The normalized spacial score (nSPS) is 10.7. The monoisotopic (exact) mass is 387 g/mol. The largest absolute Gasteiger partial charge is 0.492 e. The van der Waals surface area contributed by atoms with Crippen LogP contribution in [0.2, 0.25) is 5.02 Å². The molecule has 8 nitrogen and oxygen atoms in total. The number of rotatable bonds is 7. The molecule has 0 unspecified atom stereocenters. The van der Waals surface area contributed by atoms with Crippen molar-refractivity contribution >= 4 is 29.1 Å². The zero-order valence-corrected chi connectivity index (χ0v) is 16.4. The van der Waals surface area contributed by atoms with E-state index < -0.39 is 0 Å². The molecule has 27 heavy (non-hydrogen) atoms. The van der Waals surface area contributed by atoms with E-state index in [0.29, 0.717) is 34.6 Å². The second kappa shape index (κ2) is 8.24. The van der Waals surface area contributed by atoms with Crippen LogP contribution in [0.25, 0.3) is 5.69 Å². The summed E-state index contributed by atoms with van der Waals surface area (Å²) >= 11 is 6.45. The van der Waals surface area contributed by atoms with Crippen molar-refractivity contribution in [1.29, 1.82) is 0 Å². The van der Waals surface area contributed by atoms with Crippen LogP contribution in [0.4, 0.5) is 17.5 Å². The average Bonchev–Trinajstić information content (AvgIpc) is 3.10. The molecule has 0 aliphatic rings. The van der Waals surface area contributed by atoms with Gasteiger partial charge in [-0.05, 0) is 26.1 Å². The molecule has 0 saturated heterocycles. The van der Waals surface area contributed by atoms with Crippen molar-refractivity contribution in [2.75, 3.05) is 31.8 Å². The number of aryl methyl sites for hydroxylation is 1. The highest BCUT2D eigenvalue weighted by Gasteiger charge is 2.17. The van der Waals surface area contributed by atoms with Gasteiger partial charge in [0.1, 0.15) is 11.5 Å². The number of nitrogens with zero attached hydrogens (tertiary/aromatic N) is 4. The third kappa shape index (κ3) is 4.12. The summed E-state index contributed by atoms with van der Waals surface area (Å²) in [6, 6.07) is 5.48. The van der Waals surface area contributed by atoms with Gasteiger partial charge in [-0.25, -0.2) is 9.67 Å². The van der Waals surface area contributed by atoms with Crippen LogP contribution in [0.1, 0.15) is 11.3 Å². The molecule has 142 valence electrons. The van der Waals surface area contributed by atoms with E-state index >= 15 is 0 Å². The van der Waals surface area contributed by atoms with E-state index in [2.05, 4.69) is 31.0 Å². The van der Waals surface area contributed by atoms with Crippen molar-refractivity contribution in [2.45, 2.75) is 13.5 Å². The van der Waals surface area contributed by atoms with Gasteiger partial charge in [0.05, 0.1) is 24.0 Å². The van der Waals surface area contributed by atoms with Crippen LogP contribution in [-0.4, -0.2) is 41.0 Å². The minimum absolute atomic E-state index is 0.460. The van der Waals surface area contributed by atoms with Gasteiger partial charge >= 0.3 is 0 Å². The van der Waals surface area contributed by atoms with Crippen LogP contribution in [0, 0.1) is 6.92 Å². The van der Waals surface area contributed by atoms with Crippen LogP contribution in [0.5, 0.6) is 5.75 Å². The number of anilines is 3. The first-order valence-corrected chi connectivity index (χ1v) is 8.79.